The van der Waals surface area contributed by atoms with Crippen LogP contribution in [-0.4, -0.2) is 34.2 Å². The monoisotopic (exact) mass is 449 g/mol. The van der Waals surface area contributed by atoms with Gasteiger partial charge in [0.15, 0.2) is 5.16 Å². The van der Waals surface area contributed by atoms with E-state index in [1.165, 1.54) is 28.0 Å². The van der Waals surface area contributed by atoms with Crippen LogP contribution in [0.3, 0.4) is 0 Å². The predicted molar refractivity (Wildman–Crippen MR) is 117 cm³/mol. The summed E-state index contributed by atoms with van der Waals surface area (Å²) in [4.78, 5) is 33.8. The van der Waals surface area contributed by atoms with Gasteiger partial charge in [-0.25, -0.2) is 9.78 Å². The van der Waals surface area contributed by atoms with Gasteiger partial charge in [0.25, 0.3) is 0 Å². The minimum Gasteiger partial charge on any atom is -0.462 e. The number of thiophene rings is 1. The maximum atomic E-state index is 12.6. The summed E-state index contributed by atoms with van der Waals surface area (Å²) in [6.07, 6.45) is 3.95. The van der Waals surface area contributed by atoms with Gasteiger partial charge in [0.2, 0.25) is 5.91 Å². The number of amides is 1. The molecule has 2 heterocycles. The van der Waals surface area contributed by atoms with Crippen LogP contribution in [0.5, 0.6) is 0 Å². The van der Waals surface area contributed by atoms with E-state index in [0.717, 1.165) is 42.3 Å². The summed E-state index contributed by atoms with van der Waals surface area (Å²) in [6, 6.07) is 5.41. The summed E-state index contributed by atoms with van der Waals surface area (Å²) in [5.74, 6) is -0.361. The summed E-state index contributed by atoms with van der Waals surface area (Å²) in [5, 5.41) is 4.79. The Bertz CT molecular complexity index is 1080. The molecular weight excluding hydrogens is 430 g/mol. The van der Waals surface area contributed by atoms with Crippen LogP contribution in [0.25, 0.3) is 11.0 Å². The number of nitrogens with zero attached hydrogens (tertiary/aromatic N) is 1. The number of hydrogen-bond acceptors (Lipinski definition) is 6. The Labute approximate surface area is 181 Å². The minimum atomic E-state index is -0.357. The fraction of sp³-hybridized carbons (Fsp3) is 0.350. The third-order valence-electron chi connectivity index (χ3n) is 4.67. The Kier molecular flexibility index (Phi) is 6.12. The summed E-state index contributed by atoms with van der Waals surface area (Å²) < 4.78 is 5.23. The minimum absolute atomic E-state index is 0.179. The molecule has 1 aromatic carbocycles. The zero-order valence-electron chi connectivity index (χ0n) is 15.8. The van der Waals surface area contributed by atoms with E-state index < -0.39 is 0 Å². The van der Waals surface area contributed by atoms with E-state index in [1.54, 1.807) is 19.1 Å². The van der Waals surface area contributed by atoms with Gasteiger partial charge in [-0.15, -0.1) is 11.3 Å². The molecule has 0 fully saturated rings. The van der Waals surface area contributed by atoms with Crippen molar-refractivity contribution in [3.05, 3.63) is 39.2 Å². The first-order chi connectivity index (χ1) is 14.0. The molecule has 152 valence electrons. The van der Waals surface area contributed by atoms with Crippen molar-refractivity contribution in [1.82, 2.24) is 9.97 Å². The first-order valence-electron chi connectivity index (χ1n) is 9.44. The first kappa shape index (κ1) is 20.3. The number of ether oxygens (including phenoxy) is 1. The number of imidazole rings is 1. The van der Waals surface area contributed by atoms with Crippen molar-refractivity contribution in [3.8, 4) is 0 Å². The molecule has 1 amide bonds. The van der Waals surface area contributed by atoms with Gasteiger partial charge in [-0.05, 0) is 56.4 Å². The summed E-state index contributed by atoms with van der Waals surface area (Å²) in [6.45, 7) is 2.09. The van der Waals surface area contributed by atoms with Crippen LogP contribution < -0.4 is 5.32 Å². The highest BCUT2D eigenvalue weighted by Crippen LogP contribution is 2.38. The molecule has 4 rings (SSSR count). The largest absolute Gasteiger partial charge is 0.462 e. The van der Waals surface area contributed by atoms with Crippen molar-refractivity contribution in [2.45, 2.75) is 37.8 Å². The van der Waals surface area contributed by atoms with Crippen molar-refractivity contribution < 1.29 is 14.3 Å². The number of carbonyl (C=O) groups excluding carboxylic acids is 2. The van der Waals surface area contributed by atoms with Gasteiger partial charge in [-0.1, -0.05) is 23.4 Å². The SMILES string of the molecule is CCOC(=O)c1c(NC(=O)CSc2nc3ccc(Cl)cc3[nH]2)sc2c1CCCC2. The van der Waals surface area contributed by atoms with Gasteiger partial charge in [-0.3, -0.25) is 4.79 Å². The molecule has 9 heteroatoms. The number of halogens is 1. The van der Waals surface area contributed by atoms with Gasteiger partial charge >= 0.3 is 5.97 Å². The molecule has 3 aromatic rings. The number of hydrogen-bond donors (Lipinski definition) is 2. The van der Waals surface area contributed by atoms with Crippen LogP contribution in [0.4, 0.5) is 5.00 Å². The molecule has 0 spiro atoms. The molecule has 6 nitrogen and oxygen atoms in total. The van der Waals surface area contributed by atoms with E-state index in [0.29, 0.717) is 27.4 Å². The van der Waals surface area contributed by atoms with Crippen LogP contribution in [0.15, 0.2) is 23.4 Å². The van der Waals surface area contributed by atoms with Crippen LogP contribution in [-0.2, 0) is 22.4 Å². The number of nitrogens with one attached hydrogen (secondary N) is 2. The van der Waals surface area contributed by atoms with Crippen LogP contribution in [0, 0.1) is 0 Å². The summed E-state index contributed by atoms with van der Waals surface area (Å²) >= 11 is 8.79. The third kappa shape index (κ3) is 4.44. The molecule has 0 aliphatic heterocycles. The van der Waals surface area contributed by atoms with E-state index >= 15 is 0 Å². The van der Waals surface area contributed by atoms with Crippen molar-refractivity contribution in [3.63, 3.8) is 0 Å². The van der Waals surface area contributed by atoms with Crippen LogP contribution in [0.1, 0.15) is 40.6 Å². The van der Waals surface area contributed by atoms with E-state index in [1.807, 2.05) is 6.07 Å². The van der Waals surface area contributed by atoms with Gasteiger partial charge in [0, 0.05) is 9.90 Å². The molecule has 0 saturated carbocycles. The lowest BCUT2D eigenvalue weighted by atomic mass is 9.95. The lowest BCUT2D eigenvalue weighted by molar-refractivity contribution is -0.113. The lowest BCUT2D eigenvalue weighted by Gasteiger charge is -2.12. The average molecular weight is 450 g/mol. The van der Waals surface area contributed by atoms with Crippen molar-refractivity contribution >= 4 is 62.6 Å². The molecule has 2 N–H and O–H groups in total. The third-order valence-corrected chi connectivity index (χ3v) is 6.98. The molecule has 0 saturated heterocycles. The number of rotatable bonds is 6. The number of aromatic nitrogens is 2. The van der Waals surface area contributed by atoms with Gasteiger partial charge < -0.3 is 15.0 Å². The maximum Gasteiger partial charge on any atom is 0.341 e. The molecule has 0 radical (unpaired) electrons. The second kappa shape index (κ2) is 8.77. The molecule has 1 aliphatic carbocycles. The topological polar surface area (TPSA) is 84.1 Å². The Morgan fingerprint density at radius 3 is 3.00 bits per heavy atom. The fourth-order valence-electron chi connectivity index (χ4n) is 3.40. The smallest absolute Gasteiger partial charge is 0.341 e. The highest BCUT2D eigenvalue weighted by atomic mass is 35.5. The van der Waals surface area contributed by atoms with Crippen LogP contribution >= 0.6 is 34.7 Å². The number of esters is 1. The molecule has 0 unspecified atom stereocenters. The summed E-state index contributed by atoms with van der Waals surface area (Å²) in [5.41, 5.74) is 3.20. The number of anilines is 1. The number of benzene rings is 1. The number of aromatic amines is 1. The predicted octanol–water partition coefficient (Wildman–Crippen LogP) is 5.06. The Balaban J connectivity index is 1.47. The number of thioether (sulfide) groups is 1. The maximum absolute atomic E-state index is 12.6. The van der Waals surface area contributed by atoms with Crippen molar-refractivity contribution in [1.29, 1.82) is 0 Å². The van der Waals surface area contributed by atoms with E-state index in [-0.39, 0.29) is 17.6 Å². The second-order valence-corrected chi connectivity index (χ2v) is 9.18. The average Bonchev–Trinajstić information content (AvgIpc) is 3.26. The van der Waals surface area contributed by atoms with Gasteiger partial charge in [0.1, 0.15) is 5.00 Å². The van der Waals surface area contributed by atoms with Crippen LogP contribution in [0.2, 0.25) is 5.02 Å². The fourth-order valence-corrected chi connectivity index (χ4v) is 5.55. The number of fused-ring (bicyclic) bond motifs is 2. The normalized spacial score (nSPS) is 13.3. The Hall–Kier alpha value is -2.03. The molecular formula is C20H20ClN3O3S2. The molecule has 29 heavy (non-hydrogen) atoms. The Morgan fingerprint density at radius 1 is 1.34 bits per heavy atom. The first-order valence-corrected chi connectivity index (χ1v) is 11.6. The quantitative estimate of drug-likeness (QED) is 0.405. The lowest BCUT2D eigenvalue weighted by Crippen LogP contribution is -2.17. The molecule has 1 aliphatic rings. The zero-order valence-corrected chi connectivity index (χ0v) is 18.2. The van der Waals surface area contributed by atoms with Gasteiger partial charge in [-0.2, -0.15) is 0 Å². The Morgan fingerprint density at radius 2 is 2.17 bits per heavy atom. The van der Waals surface area contributed by atoms with Gasteiger partial charge in [0.05, 0.1) is 29.0 Å². The van der Waals surface area contributed by atoms with E-state index in [9.17, 15) is 9.59 Å². The highest BCUT2D eigenvalue weighted by molar-refractivity contribution is 7.99. The van der Waals surface area contributed by atoms with E-state index in [4.69, 9.17) is 16.3 Å². The number of aryl methyl sites for hydroxylation is 1. The highest BCUT2D eigenvalue weighted by Gasteiger charge is 2.27. The standard InChI is InChI=1S/C20H20ClN3O3S2/c1-2-27-19(26)17-12-5-3-4-6-15(12)29-18(17)24-16(25)10-28-20-22-13-8-7-11(21)9-14(13)23-20/h7-9H,2-6,10H2,1H3,(H,22,23)(H,24,25). The second-order valence-electron chi connectivity index (χ2n) is 6.68. The summed E-state index contributed by atoms with van der Waals surface area (Å²) in [7, 11) is 0. The van der Waals surface area contributed by atoms with Crippen molar-refractivity contribution in [2.24, 2.45) is 0 Å². The molecule has 2 aromatic heterocycles. The zero-order chi connectivity index (χ0) is 20.4. The number of H-pyrrole nitrogens is 1. The van der Waals surface area contributed by atoms with Crippen molar-refractivity contribution in [2.75, 3.05) is 17.7 Å². The number of carbonyl (C=O) groups is 2. The van der Waals surface area contributed by atoms with E-state index in [2.05, 4.69) is 15.3 Å². The molecule has 0 atom stereocenters. The molecule has 0 bridgehead atoms.